The molecule has 2 N–H and O–H groups in total. The Balaban J connectivity index is 3.25. The Hall–Kier alpha value is -1.53. The topological polar surface area (TPSA) is 75.6 Å². The fourth-order valence-corrected chi connectivity index (χ4v) is 1.47. The van der Waals surface area contributed by atoms with E-state index < -0.39 is 39.2 Å². The number of hydrogen-bond acceptors (Lipinski definition) is 4. The van der Waals surface area contributed by atoms with Crippen LogP contribution in [-0.4, -0.2) is 27.8 Å². The van der Waals surface area contributed by atoms with Gasteiger partial charge in [-0.3, -0.25) is 10.0 Å². The van der Waals surface area contributed by atoms with Gasteiger partial charge in [0.2, 0.25) is 0 Å². The average Bonchev–Trinajstić information content (AvgIpc) is 2.35. The molecule has 0 radical (unpaired) electrons. The van der Waals surface area contributed by atoms with Crippen LogP contribution >= 0.6 is 15.9 Å². The first-order valence-corrected chi connectivity index (χ1v) is 6.00. The van der Waals surface area contributed by atoms with Crippen molar-refractivity contribution in [3.8, 4) is 0 Å². The molecule has 1 aromatic carbocycles. The fraction of sp³-hybridized carbons (Fsp3) is 0.300. The molecular formula is C10H6BrF6N2O3-. The molecule has 0 atom stereocenters. The van der Waals surface area contributed by atoms with Crippen molar-refractivity contribution >= 4 is 33.2 Å². The molecule has 1 amide bonds. The van der Waals surface area contributed by atoms with Crippen molar-refractivity contribution in [3.63, 3.8) is 0 Å². The normalized spacial score (nSPS) is 13.0. The SMILES string of the molecule is O=C(Nc1ccccc1N([O-])O)C(Br)(C(F)(F)F)C(F)(F)F. The van der Waals surface area contributed by atoms with Gasteiger partial charge in [0, 0.05) is 0 Å². The molecule has 22 heavy (non-hydrogen) atoms. The Morgan fingerprint density at radius 3 is 2.00 bits per heavy atom. The van der Waals surface area contributed by atoms with Crippen LogP contribution in [0.4, 0.5) is 37.7 Å². The molecule has 0 bridgehead atoms. The molecular weight excluding hydrogens is 390 g/mol. The van der Waals surface area contributed by atoms with Crippen LogP contribution in [0.25, 0.3) is 0 Å². The van der Waals surface area contributed by atoms with Crippen molar-refractivity contribution in [2.45, 2.75) is 16.7 Å². The standard InChI is InChI=1S/C10H6BrF6N2O3/c11-8(9(12,13)14,10(15,16)17)7(20)18-5-3-1-2-4-6(5)19(21)22/h1-4,21H,(H,18,20)/q-1. The van der Waals surface area contributed by atoms with Gasteiger partial charge in [-0.15, -0.1) is 0 Å². The Morgan fingerprint density at radius 2 is 1.59 bits per heavy atom. The molecule has 1 rings (SSSR count). The van der Waals surface area contributed by atoms with Crippen LogP contribution in [0.15, 0.2) is 24.3 Å². The van der Waals surface area contributed by atoms with E-state index in [1.807, 2.05) is 0 Å². The van der Waals surface area contributed by atoms with Gasteiger partial charge in [-0.2, -0.15) is 26.3 Å². The number of carbonyl (C=O) groups excluding carboxylic acids is 1. The van der Waals surface area contributed by atoms with Crippen LogP contribution < -0.4 is 10.5 Å². The predicted molar refractivity (Wildman–Crippen MR) is 66.5 cm³/mol. The third-order valence-corrected chi connectivity index (χ3v) is 3.71. The van der Waals surface area contributed by atoms with Crippen LogP contribution in [0.5, 0.6) is 0 Å². The third kappa shape index (κ3) is 3.28. The molecule has 0 spiro atoms. The van der Waals surface area contributed by atoms with Gasteiger partial charge in [0.1, 0.15) is 0 Å². The number of carbonyl (C=O) groups is 1. The molecule has 12 heteroatoms. The van der Waals surface area contributed by atoms with E-state index in [1.54, 1.807) is 0 Å². The highest BCUT2D eigenvalue weighted by atomic mass is 79.9. The first-order chi connectivity index (χ1) is 9.82. The second-order valence-corrected chi connectivity index (χ2v) is 5.09. The van der Waals surface area contributed by atoms with Gasteiger partial charge in [-0.25, -0.2) is 0 Å². The van der Waals surface area contributed by atoms with Crippen molar-refractivity contribution in [2.24, 2.45) is 0 Å². The number of para-hydroxylation sites is 2. The summed E-state index contributed by atoms with van der Waals surface area (Å²) in [6.45, 7) is 0. The van der Waals surface area contributed by atoms with Gasteiger partial charge in [0.25, 0.3) is 10.2 Å². The van der Waals surface area contributed by atoms with Gasteiger partial charge in [-0.1, -0.05) is 28.1 Å². The molecule has 0 aliphatic rings. The summed E-state index contributed by atoms with van der Waals surface area (Å²) in [7, 11) is 0. The van der Waals surface area contributed by atoms with Crippen molar-refractivity contribution in [1.82, 2.24) is 0 Å². The Labute approximate surface area is 127 Å². The summed E-state index contributed by atoms with van der Waals surface area (Å²) in [5.74, 6) is -2.51. The molecule has 0 saturated carbocycles. The lowest BCUT2D eigenvalue weighted by Crippen LogP contribution is -2.59. The van der Waals surface area contributed by atoms with Crippen molar-refractivity contribution in [3.05, 3.63) is 29.5 Å². The van der Waals surface area contributed by atoms with Crippen LogP contribution in [0, 0.1) is 5.21 Å². The van der Waals surface area contributed by atoms with Gasteiger partial charge >= 0.3 is 12.4 Å². The number of rotatable bonds is 3. The van der Waals surface area contributed by atoms with E-state index in [2.05, 4.69) is 0 Å². The minimum Gasteiger partial charge on any atom is -0.733 e. The number of amides is 1. The first-order valence-electron chi connectivity index (χ1n) is 5.21. The average molecular weight is 396 g/mol. The monoisotopic (exact) mass is 395 g/mol. The maximum atomic E-state index is 12.7. The molecule has 1 aromatic rings. The minimum atomic E-state index is -6.00. The van der Waals surface area contributed by atoms with E-state index in [0.717, 1.165) is 18.2 Å². The Morgan fingerprint density at radius 1 is 1.14 bits per heavy atom. The largest absolute Gasteiger partial charge is 0.733 e. The predicted octanol–water partition coefficient (Wildman–Crippen LogP) is 3.58. The molecule has 0 heterocycles. The fourth-order valence-electron chi connectivity index (χ4n) is 1.37. The van der Waals surface area contributed by atoms with E-state index in [4.69, 9.17) is 5.21 Å². The van der Waals surface area contributed by atoms with Crippen molar-refractivity contribution in [2.75, 3.05) is 10.5 Å². The molecule has 0 saturated heterocycles. The minimum absolute atomic E-state index is 0.734. The Bertz CT molecular complexity index is 546. The van der Waals surface area contributed by atoms with Crippen LogP contribution in [0.1, 0.15) is 0 Å². The molecule has 5 nitrogen and oxygen atoms in total. The van der Waals surface area contributed by atoms with Crippen molar-refractivity contribution in [1.29, 1.82) is 0 Å². The summed E-state index contributed by atoms with van der Waals surface area (Å²) in [5.41, 5.74) is -1.47. The first kappa shape index (κ1) is 18.5. The highest BCUT2D eigenvalue weighted by Crippen LogP contribution is 2.50. The Kier molecular flexibility index (Phi) is 4.99. The summed E-state index contributed by atoms with van der Waals surface area (Å²) >= 11 is 1.39. The number of alkyl halides is 7. The lowest BCUT2D eigenvalue weighted by Gasteiger charge is -2.31. The summed E-state index contributed by atoms with van der Waals surface area (Å²) in [5, 5.41) is 20.0. The second-order valence-electron chi connectivity index (χ2n) is 3.90. The van der Waals surface area contributed by atoms with E-state index in [1.165, 1.54) is 27.3 Å². The van der Waals surface area contributed by atoms with Gasteiger partial charge in [0.05, 0.1) is 11.4 Å². The number of nitrogens with zero attached hydrogens (tertiary/aromatic N) is 1. The van der Waals surface area contributed by atoms with E-state index in [0.29, 0.717) is 0 Å². The second kappa shape index (κ2) is 5.93. The maximum absolute atomic E-state index is 12.7. The van der Waals surface area contributed by atoms with Crippen LogP contribution in [0.2, 0.25) is 0 Å². The summed E-state index contributed by atoms with van der Waals surface area (Å²) in [6, 6.07) is 4.01. The number of anilines is 2. The number of halogens is 7. The van der Waals surface area contributed by atoms with Gasteiger partial charge < -0.3 is 15.8 Å². The molecule has 0 aliphatic carbocycles. The quantitative estimate of drug-likeness (QED) is 0.466. The third-order valence-electron chi connectivity index (χ3n) is 2.45. The lowest BCUT2D eigenvalue weighted by molar-refractivity contribution is -0.253. The lowest BCUT2D eigenvalue weighted by atomic mass is 10.1. The zero-order chi connectivity index (χ0) is 17.3. The number of hydrogen-bond donors (Lipinski definition) is 2. The summed E-state index contributed by atoms with van der Waals surface area (Å²) < 4.78 is 71.1. The molecule has 124 valence electrons. The highest BCUT2D eigenvalue weighted by molar-refractivity contribution is 9.10. The summed E-state index contributed by atoms with van der Waals surface area (Å²) in [4.78, 5) is 11.5. The highest BCUT2D eigenvalue weighted by Gasteiger charge is 2.74. The van der Waals surface area contributed by atoms with Crippen LogP contribution in [-0.2, 0) is 4.79 Å². The van der Waals surface area contributed by atoms with E-state index in [9.17, 15) is 36.3 Å². The molecule has 0 aliphatic heterocycles. The molecule has 0 fully saturated rings. The maximum Gasteiger partial charge on any atom is 0.421 e. The number of nitrogens with one attached hydrogen (secondary N) is 1. The van der Waals surface area contributed by atoms with Gasteiger partial charge in [-0.05, 0) is 12.1 Å². The smallest absolute Gasteiger partial charge is 0.421 e. The van der Waals surface area contributed by atoms with E-state index in [-0.39, 0.29) is 0 Å². The molecule has 0 unspecified atom stereocenters. The van der Waals surface area contributed by atoms with E-state index >= 15 is 0 Å². The van der Waals surface area contributed by atoms with Gasteiger partial charge in [0.15, 0.2) is 0 Å². The van der Waals surface area contributed by atoms with Crippen LogP contribution in [0.3, 0.4) is 0 Å². The number of benzene rings is 1. The summed E-state index contributed by atoms with van der Waals surface area (Å²) in [6.07, 6.45) is -12.0. The zero-order valence-corrected chi connectivity index (χ0v) is 11.8. The zero-order valence-electron chi connectivity index (χ0n) is 10.2. The van der Waals surface area contributed by atoms with Crippen molar-refractivity contribution < 1.29 is 36.3 Å². The molecule has 0 aromatic heterocycles.